The molecule has 2 atom stereocenters. The normalized spacial score (nSPS) is 24.4. The quantitative estimate of drug-likeness (QED) is 0.762. The van der Waals surface area contributed by atoms with Gasteiger partial charge in [-0.2, -0.15) is 0 Å². The summed E-state index contributed by atoms with van der Waals surface area (Å²) in [6.45, 7) is 4.89. The van der Waals surface area contributed by atoms with Crippen LogP contribution in [-0.2, 0) is 4.79 Å². The molecular weight excluding hydrogens is 258 g/mol. The van der Waals surface area contributed by atoms with E-state index in [9.17, 15) is 9.59 Å². The van der Waals surface area contributed by atoms with Crippen LogP contribution in [0.2, 0.25) is 0 Å². The third-order valence-corrected chi connectivity index (χ3v) is 4.38. The minimum absolute atomic E-state index is 0.114. The molecule has 0 bridgehead atoms. The molecule has 0 aromatic heterocycles. The van der Waals surface area contributed by atoms with Crippen molar-refractivity contribution >= 4 is 12.0 Å². The first-order valence-electron chi connectivity index (χ1n) is 7.51. The zero-order valence-electron chi connectivity index (χ0n) is 12.3. The highest BCUT2D eigenvalue weighted by Gasteiger charge is 2.38. The number of hydrogen-bond acceptors (Lipinski definition) is 3. The van der Waals surface area contributed by atoms with Gasteiger partial charge < -0.3 is 15.3 Å². The number of urea groups is 1. The summed E-state index contributed by atoms with van der Waals surface area (Å²) >= 11 is 0. The Bertz CT molecular complexity index is 371. The second-order valence-corrected chi connectivity index (χ2v) is 5.91. The van der Waals surface area contributed by atoms with Crippen LogP contribution in [0.5, 0.6) is 0 Å². The number of rotatable bonds is 6. The number of nitrogens with one attached hydrogen (secondary N) is 1. The summed E-state index contributed by atoms with van der Waals surface area (Å²) in [6, 6.07) is -0.594. The molecule has 0 aromatic carbocycles. The van der Waals surface area contributed by atoms with Gasteiger partial charge in [0, 0.05) is 19.6 Å². The van der Waals surface area contributed by atoms with Gasteiger partial charge in [0.15, 0.2) is 0 Å². The number of amides is 2. The number of hydrogen-bond donors (Lipinski definition) is 2. The maximum absolute atomic E-state index is 12.1. The van der Waals surface area contributed by atoms with Gasteiger partial charge in [0.2, 0.25) is 0 Å². The number of carbonyl (C=O) groups is 2. The van der Waals surface area contributed by atoms with Gasteiger partial charge in [-0.05, 0) is 44.7 Å². The minimum atomic E-state index is -0.926. The van der Waals surface area contributed by atoms with Gasteiger partial charge in [0.1, 0.15) is 6.04 Å². The van der Waals surface area contributed by atoms with Gasteiger partial charge in [-0.1, -0.05) is 6.92 Å². The molecule has 2 rings (SSSR count). The van der Waals surface area contributed by atoms with E-state index in [4.69, 9.17) is 5.11 Å². The molecule has 0 radical (unpaired) electrons. The lowest BCUT2D eigenvalue weighted by Gasteiger charge is -2.28. The Hall–Kier alpha value is -1.30. The summed E-state index contributed by atoms with van der Waals surface area (Å²) in [4.78, 5) is 27.2. The molecule has 6 heteroatoms. The third-order valence-electron chi connectivity index (χ3n) is 4.38. The molecule has 0 aromatic rings. The number of carbonyl (C=O) groups excluding carboxylic acids is 1. The molecule has 20 heavy (non-hydrogen) atoms. The summed E-state index contributed by atoms with van der Waals surface area (Å²) in [7, 11) is 1.74. The van der Waals surface area contributed by atoms with Crippen LogP contribution in [0.1, 0.15) is 32.6 Å². The lowest BCUT2D eigenvalue weighted by atomic mass is 10.2. The lowest BCUT2D eigenvalue weighted by molar-refractivity contribution is -0.139. The van der Waals surface area contributed by atoms with Crippen molar-refractivity contribution in [3.8, 4) is 0 Å². The van der Waals surface area contributed by atoms with Gasteiger partial charge in [-0.3, -0.25) is 4.90 Å². The molecule has 2 amide bonds. The molecule has 2 aliphatic rings. The molecule has 2 unspecified atom stereocenters. The van der Waals surface area contributed by atoms with Crippen molar-refractivity contribution in [2.45, 2.75) is 44.7 Å². The van der Waals surface area contributed by atoms with Gasteiger partial charge in [0.25, 0.3) is 0 Å². The smallest absolute Gasteiger partial charge is 0.326 e. The predicted octanol–water partition coefficient (Wildman–Crippen LogP) is 0.975. The van der Waals surface area contributed by atoms with Gasteiger partial charge in [-0.15, -0.1) is 0 Å². The minimum Gasteiger partial charge on any atom is -0.480 e. The Kier molecular flexibility index (Phi) is 4.86. The van der Waals surface area contributed by atoms with Crippen LogP contribution in [0.3, 0.4) is 0 Å². The second-order valence-electron chi connectivity index (χ2n) is 5.91. The number of carboxylic acids is 1. The standard InChI is InChI=1S/C14H25N3O3/c1-3-17-8-4-5-11(17)9-16(2)14(20)15-12(13(18)19)10-6-7-10/h10-12H,3-9H2,1-2H3,(H,15,20)(H,18,19). The van der Waals surface area contributed by atoms with Gasteiger partial charge >= 0.3 is 12.0 Å². The van der Waals surface area contributed by atoms with E-state index in [2.05, 4.69) is 17.1 Å². The van der Waals surface area contributed by atoms with Crippen molar-refractivity contribution in [1.29, 1.82) is 0 Å². The molecule has 2 fully saturated rings. The predicted molar refractivity (Wildman–Crippen MR) is 75.6 cm³/mol. The number of aliphatic carboxylic acids is 1. The molecule has 1 heterocycles. The van der Waals surface area contributed by atoms with Crippen molar-refractivity contribution in [3.05, 3.63) is 0 Å². The number of nitrogens with zero attached hydrogens (tertiary/aromatic N) is 2. The molecule has 2 N–H and O–H groups in total. The highest BCUT2D eigenvalue weighted by atomic mass is 16.4. The van der Waals surface area contributed by atoms with Crippen molar-refractivity contribution in [1.82, 2.24) is 15.1 Å². The van der Waals surface area contributed by atoms with Crippen molar-refractivity contribution in [3.63, 3.8) is 0 Å². The van der Waals surface area contributed by atoms with Crippen LogP contribution < -0.4 is 5.32 Å². The number of likely N-dealkylation sites (tertiary alicyclic amines) is 1. The first kappa shape index (κ1) is 15.1. The van der Waals surface area contributed by atoms with E-state index in [1.165, 1.54) is 6.42 Å². The molecule has 1 aliphatic heterocycles. The maximum atomic E-state index is 12.1. The summed E-state index contributed by atoms with van der Waals surface area (Å²) in [6.07, 6.45) is 4.07. The number of carboxylic acid groups (broad SMARTS) is 1. The van der Waals surface area contributed by atoms with Crippen molar-refractivity contribution in [2.24, 2.45) is 5.92 Å². The van der Waals surface area contributed by atoms with Crippen LogP contribution in [0.15, 0.2) is 0 Å². The Labute approximate surface area is 120 Å². The van der Waals surface area contributed by atoms with Crippen LogP contribution >= 0.6 is 0 Å². The molecule has 114 valence electrons. The first-order valence-corrected chi connectivity index (χ1v) is 7.51. The number of likely N-dealkylation sites (N-methyl/N-ethyl adjacent to an activating group) is 2. The van der Waals surface area contributed by atoms with E-state index in [1.807, 2.05) is 0 Å². The Morgan fingerprint density at radius 1 is 1.40 bits per heavy atom. The van der Waals surface area contributed by atoms with E-state index in [-0.39, 0.29) is 11.9 Å². The average Bonchev–Trinajstić information content (AvgIpc) is 3.15. The third kappa shape index (κ3) is 3.62. The highest BCUT2D eigenvalue weighted by molar-refractivity contribution is 5.83. The Morgan fingerprint density at radius 3 is 2.65 bits per heavy atom. The van der Waals surface area contributed by atoms with Crippen LogP contribution in [0.4, 0.5) is 4.79 Å². The fourth-order valence-electron chi connectivity index (χ4n) is 2.97. The van der Waals surface area contributed by atoms with Gasteiger partial charge in [0.05, 0.1) is 0 Å². The first-order chi connectivity index (χ1) is 9.52. The fraction of sp³-hybridized carbons (Fsp3) is 0.857. The fourth-order valence-corrected chi connectivity index (χ4v) is 2.97. The zero-order valence-corrected chi connectivity index (χ0v) is 12.3. The second kappa shape index (κ2) is 6.43. The molecule has 1 aliphatic carbocycles. The molecular formula is C14H25N3O3. The van der Waals surface area contributed by atoms with E-state index >= 15 is 0 Å². The van der Waals surface area contributed by atoms with Crippen molar-refractivity contribution in [2.75, 3.05) is 26.7 Å². The van der Waals surface area contributed by atoms with E-state index in [0.29, 0.717) is 12.6 Å². The van der Waals surface area contributed by atoms with Crippen LogP contribution in [0.25, 0.3) is 0 Å². The maximum Gasteiger partial charge on any atom is 0.326 e. The topological polar surface area (TPSA) is 72.9 Å². The SMILES string of the molecule is CCN1CCCC1CN(C)C(=O)NC(C(=O)O)C1CC1. The highest BCUT2D eigenvalue weighted by Crippen LogP contribution is 2.32. The summed E-state index contributed by atoms with van der Waals surface area (Å²) in [5, 5.41) is 11.8. The molecule has 1 saturated heterocycles. The average molecular weight is 283 g/mol. The van der Waals surface area contributed by atoms with E-state index in [1.54, 1.807) is 11.9 Å². The van der Waals surface area contributed by atoms with Crippen LogP contribution in [-0.4, -0.2) is 65.7 Å². The van der Waals surface area contributed by atoms with E-state index < -0.39 is 12.0 Å². The molecule has 1 saturated carbocycles. The summed E-state index contributed by atoms with van der Waals surface area (Å²) < 4.78 is 0. The van der Waals surface area contributed by atoms with Gasteiger partial charge in [-0.25, -0.2) is 9.59 Å². The lowest BCUT2D eigenvalue weighted by Crippen LogP contribution is -2.50. The molecule has 6 nitrogen and oxygen atoms in total. The van der Waals surface area contributed by atoms with Crippen LogP contribution in [0, 0.1) is 5.92 Å². The monoisotopic (exact) mass is 283 g/mol. The largest absolute Gasteiger partial charge is 0.480 e. The Balaban J connectivity index is 1.83. The zero-order chi connectivity index (χ0) is 14.7. The molecule has 0 spiro atoms. The summed E-state index contributed by atoms with van der Waals surface area (Å²) in [5.74, 6) is -0.811. The summed E-state index contributed by atoms with van der Waals surface area (Å²) in [5.41, 5.74) is 0. The van der Waals surface area contributed by atoms with E-state index in [0.717, 1.165) is 32.4 Å². The Morgan fingerprint density at radius 2 is 2.10 bits per heavy atom. The van der Waals surface area contributed by atoms with Crippen molar-refractivity contribution < 1.29 is 14.7 Å².